The van der Waals surface area contributed by atoms with Crippen molar-refractivity contribution in [2.45, 2.75) is 6.92 Å². The van der Waals surface area contributed by atoms with E-state index in [-0.39, 0.29) is 6.79 Å². The van der Waals surface area contributed by atoms with Crippen molar-refractivity contribution in [3.05, 3.63) is 41.5 Å². The van der Waals surface area contributed by atoms with E-state index < -0.39 is 5.91 Å². The summed E-state index contributed by atoms with van der Waals surface area (Å²) in [5, 5.41) is 0. The maximum atomic E-state index is 10.5. The molecule has 0 atom stereocenters. The van der Waals surface area contributed by atoms with Gasteiger partial charge in [0, 0.05) is 11.6 Å². The van der Waals surface area contributed by atoms with Gasteiger partial charge in [0.2, 0.25) is 12.7 Å². The van der Waals surface area contributed by atoms with E-state index in [9.17, 15) is 4.79 Å². The summed E-state index contributed by atoms with van der Waals surface area (Å²) in [6.07, 6.45) is 6.55. The SMILES string of the molecule is Cc1c(C=CC=CC(N)=O)ccc2c1OCO2. The van der Waals surface area contributed by atoms with Crippen molar-refractivity contribution >= 4 is 12.0 Å². The third kappa shape index (κ3) is 2.47. The summed E-state index contributed by atoms with van der Waals surface area (Å²) in [6.45, 7) is 2.23. The van der Waals surface area contributed by atoms with Crippen LogP contribution in [0.25, 0.3) is 6.08 Å². The van der Waals surface area contributed by atoms with Crippen LogP contribution in [0.3, 0.4) is 0 Å². The molecular weight excluding hydrogens is 218 g/mol. The van der Waals surface area contributed by atoms with E-state index in [1.807, 2.05) is 25.1 Å². The fraction of sp³-hybridized carbons (Fsp3) is 0.154. The number of carbonyl (C=O) groups excluding carboxylic acids is 1. The van der Waals surface area contributed by atoms with Crippen molar-refractivity contribution < 1.29 is 14.3 Å². The number of nitrogens with two attached hydrogens (primary N) is 1. The Bertz CT molecular complexity index is 504. The molecule has 0 radical (unpaired) electrons. The lowest BCUT2D eigenvalue weighted by Crippen LogP contribution is -2.04. The average molecular weight is 231 g/mol. The molecule has 1 aliphatic heterocycles. The summed E-state index contributed by atoms with van der Waals surface area (Å²) in [5.74, 6) is 1.09. The van der Waals surface area contributed by atoms with Crippen LogP contribution in [-0.2, 0) is 4.79 Å². The fourth-order valence-electron chi connectivity index (χ4n) is 1.62. The van der Waals surface area contributed by atoms with Crippen LogP contribution in [0.2, 0.25) is 0 Å². The molecule has 4 heteroatoms. The Morgan fingerprint density at radius 2 is 2.18 bits per heavy atom. The minimum Gasteiger partial charge on any atom is -0.454 e. The number of rotatable bonds is 3. The van der Waals surface area contributed by atoms with Gasteiger partial charge >= 0.3 is 0 Å². The molecule has 1 aromatic rings. The second-order valence-corrected chi connectivity index (χ2v) is 3.63. The van der Waals surface area contributed by atoms with E-state index in [1.165, 1.54) is 6.08 Å². The summed E-state index contributed by atoms with van der Waals surface area (Å²) < 4.78 is 10.6. The lowest BCUT2D eigenvalue weighted by atomic mass is 10.1. The monoisotopic (exact) mass is 231 g/mol. The van der Waals surface area contributed by atoms with Gasteiger partial charge in [0.1, 0.15) is 0 Å². The minimum absolute atomic E-state index is 0.269. The molecule has 0 fully saturated rings. The number of ether oxygens (including phenoxy) is 2. The smallest absolute Gasteiger partial charge is 0.241 e. The van der Waals surface area contributed by atoms with Gasteiger partial charge in [-0.3, -0.25) is 4.79 Å². The summed E-state index contributed by atoms with van der Waals surface area (Å²) in [7, 11) is 0. The molecule has 1 aromatic carbocycles. The Morgan fingerprint density at radius 3 is 2.94 bits per heavy atom. The zero-order chi connectivity index (χ0) is 12.3. The summed E-state index contributed by atoms with van der Waals surface area (Å²) in [4.78, 5) is 10.5. The van der Waals surface area contributed by atoms with Crippen molar-refractivity contribution in [2.75, 3.05) is 6.79 Å². The third-order valence-electron chi connectivity index (χ3n) is 2.48. The molecule has 1 heterocycles. The number of hydrogen-bond donors (Lipinski definition) is 1. The fourth-order valence-corrected chi connectivity index (χ4v) is 1.62. The number of hydrogen-bond acceptors (Lipinski definition) is 3. The second kappa shape index (κ2) is 4.74. The van der Waals surface area contributed by atoms with Gasteiger partial charge in [-0.15, -0.1) is 0 Å². The maximum Gasteiger partial charge on any atom is 0.241 e. The van der Waals surface area contributed by atoms with Crippen LogP contribution >= 0.6 is 0 Å². The van der Waals surface area contributed by atoms with Crippen molar-refractivity contribution in [1.82, 2.24) is 0 Å². The first kappa shape index (κ1) is 11.3. The molecule has 1 aliphatic rings. The van der Waals surface area contributed by atoms with Crippen LogP contribution < -0.4 is 15.2 Å². The van der Waals surface area contributed by atoms with Crippen LogP contribution in [0.5, 0.6) is 11.5 Å². The standard InChI is InChI=1S/C13H13NO3/c1-9-10(4-2-3-5-12(14)15)6-7-11-13(9)17-8-16-11/h2-7H,8H2,1H3,(H2,14,15). The number of carbonyl (C=O) groups is 1. The predicted octanol–water partition coefficient (Wildman–Crippen LogP) is 1.78. The Balaban J connectivity index is 2.20. The van der Waals surface area contributed by atoms with Gasteiger partial charge in [-0.05, 0) is 18.6 Å². The second-order valence-electron chi connectivity index (χ2n) is 3.63. The molecule has 2 rings (SSSR count). The predicted molar refractivity (Wildman–Crippen MR) is 64.7 cm³/mol. The highest BCUT2D eigenvalue weighted by Crippen LogP contribution is 2.37. The minimum atomic E-state index is -0.461. The lowest BCUT2D eigenvalue weighted by Gasteiger charge is -2.03. The molecule has 0 aliphatic carbocycles. The quantitative estimate of drug-likeness (QED) is 0.637. The molecule has 0 saturated heterocycles. The first-order valence-corrected chi connectivity index (χ1v) is 5.22. The number of primary amides is 1. The highest BCUT2D eigenvalue weighted by atomic mass is 16.7. The zero-order valence-corrected chi connectivity index (χ0v) is 9.47. The van der Waals surface area contributed by atoms with Crippen LogP contribution in [0.1, 0.15) is 11.1 Å². The van der Waals surface area contributed by atoms with Gasteiger partial charge in [0.05, 0.1) is 0 Å². The lowest BCUT2D eigenvalue weighted by molar-refractivity contribution is -0.113. The Kier molecular flexibility index (Phi) is 3.14. The number of benzene rings is 1. The van der Waals surface area contributed by atoms with Crippen molar-refractivity contribution in [3.63, 3.8) is 0 Å². The Hall–Kier alpha value is -2.23. The van der Waals surface area contributed by atoms with Crippen LogP contribution in [0.4, 0.5) is 0 Å². The first-order chi connectivity index (χ1) is 8.18. The Morgan fingerprint density at radius 1 is 1.35 bits per heavy atom. The first-order valence-electron chi connectivity index (χ1n) is 5.22. The number of fused-ring (bicyclic) bond motifs is 1. The van der Waals surface area contributed by atoms with E-state index in [0.717, 1.165) is 22.6 Å². The zero-order valence-electron chi connectivity index (χ0n) is 9.47. The molecule has 88 valence electrons. The van der Waals surface area contributed by atoms with Gasteiger partial charge in [-0.1, -0.05) is 24.3 Å². The van der Waals surface area contributed by atoms with Crippen molar-refractivity contribution in [1.29, 1.82) is 0 Å². The van der Waals surface area contributed by atoms with E-state index >= 15 is 0 Å². The van der Waals surface area contributed by atoms with Gasteiger partial charge < -0.3 is 15.2 Å². The topological polar surface area (TPSA) is 61.6 Å². The molecule has 4 nitrogen and oxygen atoms in total. The van der Waals surface area contributed by atoms with Gasteiger partial charge in [-0.2, -0.15) is 0 Å². The van der Waals surface area contributed by atoms with E-state index in [0.29, 0.717) is 0 Å². The molecule has 17 heavy (non-hydrogen) atoms. The van der Waals surface area contributed by atoms with Gasteiger partial charge in [-0.25, -0.2) is 0 Å². The molecule has 0 bridgehead atoms. The molecule has 0 spiro atoms. The van der Waals surface area contributed by atoms with E-state index in [2.05, 4.69) is 0 Å². The summed E-state index contributed by atoms with van der Waals surface area (Å²) in [5.41, 5.74) is 7.01. The average Bonchev–Trinajstić information content (AvgIpc) is 2.75. The molecule has 2 N–H and O–H groups in total. The van der Waals surface area contributed by atoms with Gasteiger partial charge in [0.15, 0.2) is 11.5 Å². The summed E-state index contributed by atoms with van der Waals surface area (Å²) >= 11 is 0. The Labute approximate surface area is 99.3 Å². The van der Waals surface area contributed by atoms with E-state index in [1.54, 1.807) is 12.2 Å². The van der Waals surface area contributed by atoms with Crippen LogP contribution in [0, 0.1) is 6.92 Å². The highest BCUT2D eigenvalue weighted by Gasteiger charge is 2.16. The maximum absolute atomic E-state index is 10.5. The largest absolute Gasteiger partial charge is 0.454 e. The summed E-state index contributed by atoms with van der Waals surface area (Å²) in [6, 6.07) is 3.81. The van der Waals surface area contributed by atoms with Gasteiger partial charge in [0.25, 0.3) is 0 Å². The van der Waals surface area contributed by atoms with Crippen LogP contribution in [-0.4, -0.2) is 12.7 Å². The van der Waals surface area contributed by atoms with Crippen molar-refractivity contribution in [3.8, 4) is 11.5 Å². The third-order valence-corrected chi connectivity index (χ3v) is 2.48. The normalized spacial score (nSPS) is 13.7. The molecule has 0 aromatic heterocycles. The molecule has 1 amide bonds. The van der Waals surface area contributed by atoms with Crippen LogP contribution in [0.15, 0.2) is 30.4 Å². The molecule has 0 saturated carbocycles. The number of allylic oxidation sites excluding steroid dienone is 2. The van der Waals surface area contributed by atoms with E-state index in [4.69, 9.17) is 15.2 Å². The molecular formula is C13H13NO3. The molecule has 0 unspecified atom stereocenters. The highest BCUT2D eigenvalue weighted by molar-refractivity contribution is 5.86. The van der Waals surface area contributed by atoms with Crippen molar-refractivity contribution in [2.24, 2.45) is 5.73 Å². The number of amides is 1.